The largest absolute Gasteiger partial charge is 0.573 e. The van der Waals surface area contributed by atoms with Crippen LogP contribution >= 0.6 is 11.6 Å². The Morgan fingerprint density at radius 3 is 2.28 bits per heavy atom. The molecule has 0 bridgehead atoms. The van der Waals surface area contributed by atoms with Gasteiger partial charge in [-0.05, 0) is 42.9 Å². The number of benzene rings is 2. The zero-order chi connectivity index (χ0) is 23.5. The Balaban J connectivity index is 1.60. The molecule has 0 aromatic heterocycles. The van der Waals surface area contributed by atoms with Gasteiger partial charge in [0.15, 0.2) is 0 Å². The van der Waals surface area contributed by atoms with Gasteiger partial charge in [-0.1, -0.05) is 23.7 Å². The fraction of sp³-hybridized carbons (Fsp3) is 0.350. The molecule has 1 N–H and O–H groups in total. The van der Waals surface area contributed by atoms with Gasteiger partial charge in [0.1, 0.15) is 5.75 Å². The van der Waals surface area contributed by atoms with E-state index < -0.39 is 16.4 Å². The number of piperazine rings is 1. The lowest BCUT2D eigenvalue weighted by Gasteiger charge is -2.35. The molecule has 174 valence electrons. The third kappa shape index (κ3) is 6.12. The van der Waals surface area contributed by atoms with Gasteiger partial charge >= 0.3 is 6.36 Å². The highest BCUT2D eigenvalue weighted by atomic mass is 35.5. The van der Waals surface area contributed by atoms with Crippen LogP contribution in [-0.4, -0.2) is 63.7 Å². The molecular formula is C20H21ClF3N3O4S. The summed E-state index contributed by atoms with van der Waals surface area (Å²) in [5, 5.41) is 0.161. The van der Waals surface area contributed by atoms with Gasteiger partial charge in [0.2, 0.25) is 10.0 Å². The number of nitrogens with one attached hydrogen (secondary N) is 1. The summed E-state index contributed by atoms with van der Waals surface area (Å²) < 4.78 is 66.9. The van der Waals surface area contributed by atoms with Crippen molar-refractivity contribution in [1.82, 2.24) is 14.5 Å². The number of nitrogens with zero attached hydrogens (tertiary/aromatic N) is 2. The topological polar surface area (TPSA) is 79.0 Å². The Kier molecular flexibility index (Phi) is 7.33. The van der Waals surface area contributed by atoms with E-state index in [2.05, 4.69) is 14.4 Å². The van der Waals surface area contributed by atoms with E-state index in [0.717, 1.165) is 5.56 Å². The zero-order valence-electron chi connectivity index (χ0n) is 17.0. The highest BCUT2D eigenvalue weighted by Crippen LogP contribution is 2.24. The number of amides is 1. The van der Waals surface area contributed by atoms with Gasteiger partial charge in [-0.2, -0.15) is 0 Å². The third-order valence-corrected chi connectivity index (χ3v) is 6.71. The zero-order valence-corrected chi connectivity index (χ0v) is 18.6. The first kappa shape index (κ1) is 24.3. The molecule has 1 aliphatic heterocycles. The van der Waals surface area contributed by atoms with Gasteiger partial charge in [-0.25, -0.2) is 13.1 Å². The number of carbonyl (C=O) groups is 1. The van der Waals surface area contributed by atoms with Crippen molar-refractivity contribution in [3.8, 4) is 5.75 Å². The molecular weight excluding hydrogens is 471 g/mol. The lowest BCUT2D eigenvalue weighted by molar-refractivity contribution is -0.274. The number of hydrogen-bond donors (Lipinski definition) is 1. The quantitative estimate of drug-likeness (QED) is 0.672. The summed E-state index contributed by atoms with van der Waals surface area (Å²) in [5.41, 5.74) is 0.920. The first-order valence-corrected chi connectivity index (χ1v) is 11.4. The molecule has 0 aliphatic carbocycles. The number of halogens is 4. The van der Waals surface area contributed by atoms with Crippen LogP contribution in [0.4, 0.5) is 13.2 Å². The minimum absolute atomic E-state index is 0.0515. The van der Waals surface area contributed by atoms with Crippen LogP contribution in [0.25, 0.3) is 0 Å². The second kappa shape index (κ2) is 9.65. The van der Waals surface area contributed by atoms with Crippen LogP contribution < -0.4 is 9.46 Å². The lowest BCUT2D eigenvalue weighted by Crippen LogP contribution is -2.48. The molecule has 12 heteroatoms. The van der Waals surface area contributed by atoms with Crippen molar-refractivity contribution in [3.05, 3.63) is 58.6 Å². The molecule has 1 aliphatic rings. The smallest absolute Gasteiger partial charge is 0.406 e. The molecule has 2 aromatic carbocycles. The van der Waals surface area contributed by atoms with Crippen LogP contribution in [0.2, 0.25) is 5.02 Å². The van der Waals surface area contributed by atoms with Crippen LogP contribution in [-0.2, 0) is 16.6 Å². The first-order chi connectivity index (χ1) is 15.0. The van der Waals surface area contributed by atoms with Gasteiger partial charge in [-0.15, -0.1) is 13.2 Å². The van der Waals surface area contributed by atoms with E-state index in [4.69, 9.17) is 11.6 Å². The molecule has 3 rings (SSSR count). The summed E-state index contributed by atoms with van der Waals surface area (Å²) in [5.74, 6) is -0.646. The van der Waals surface area contributed by atoms with Crippen molar-refractivity contribution >= 4 is 27.5 Å². The molecule has 0 saturated carbocycles. The molecule has 1 fully saturated rings. The summed E-state index contributed by atoms with van der Waals surface area (Å²) in [6.07, 6.45) is -4.73. The summed E-state index contributed by atoms with van der Waals surface area (Å²) in [7, 11) is -2.44. The lowest BCUT2D eigenvalue weighted by atomic mass is 10.1. The van der Waals surface area contributed by atoms with Crippen LogP contribution in [0.15, 0.2) is 47.4 Å². The standard InChI is InChI=1S/C20H21ClF3N3O4S/c1-25-32(29,30)16-6-7-18(21)17(12-16)19(28)27-10-8-26(9-11-27)13-14-2-4-15(5-3-14)31-20(22,23)24/h2-7,12,25H,8-11,13H2,1H3. The van der Waals surface area contributed by atoms with E-state index in [1.54, 1.807) is 17.0 Å². The third-order valence-electron chi connectivity index (χ3n) is 4.97. The number of carbonyl (C=O) groups excluding carboxylic acids is 1. The molecule has 0 unspecified atom stereocenters. The Labute approximate surface area is 188 Å². The Morgan fingerprint density at radius 1 is 1.09 bits per heavy atom. The van der Waals surface area contributed by atoms with E-state index in [1.165, 1.54) is 37.4 Å². The second-order valence-corrected chi connectivity index (χ2v) is 9.40. The predicted octanol–water partition coefficient (Wildman–Crippen LogP) is 3.10. The second-order valence-electron chi connectivity index (χ2n) is 7.11. The summed E-state index contributed by atoms with van der Waals surface area (Å²) in [6.45, 7) is 2.38. The maximum Gasteiger partial charge on any atom is 0.573 e. The maximum absolute atomic E-state index is 12.9. The van der Waals surface area contributed by atoms with Crippen LogP contribution in [0.3, 0.4) is 0 Å². The molecule has 1 heterocycles. The van der Waals surface area contributed by atoms with Gasteiger partial charge < -0.3 is 9.64 Å². The van der Waals surface area contributed by atoms with E-state index in [1.807, 2.05) is 0 Å². The van der Waals surface area contributed by atoms with E-state index in [-0.39, 0.29) is 27.1 Å². The predicted molar refractivity (Wildman–Crippen MR) is 112 cm³/mol. The molecule has 1 saturated heterocycles. The minimum Gasteiger partial charge on any atom is -0.406 e. The highest BCUT2D eigenvalue weighted by molar-refractivity contribution is 7.89. The highest BCUT2D eigenvalue weighted by Gasteiger charge is 2.31. The number of alkyl halides is 3. The summed E-state index contributed by atoms with van der Waals surface area (Å²) in [6, 6.07) is 9.61. The van der Waals surface area contributed by atoms with Crippen LogP contribution in [0.1, 0.15) is 15.9 Å². The summed E-state index contributed by atoms with van der Waals surface area (Å²) in [4.78, 5) is 16.5. The Morgan fingerprint density at radius 2 is 1.72 bits per heavy atom. The minimum atomic E-state index is -4.73. The monoisotopic (exact) mass is 491 g/mol. The average Bonchev–Trinajstić information content (AvgIpc) is 2.74. The van der Waals surface area contributed by atoms with E-state index in [0.29, 0.717) is 32.7 Å². The first-order valence-electron chi connectivity index (χ1n) is 9.58. The number of ether oxygens (including phenoxy) is 1. The van der Waals surface area contributed by atoms with Crippen LogP contribution in [0, 0.1) is 0 Å². The van der Waals surface area contributed by atoms with Crippen molar-refractivity contribution < 1.29 is 31.1 Å². The normalized spacial score (nSPS) is 15.6. The van der Waals surface area contributed by atoms with Crippen molar-refractivity contribution in [2.75, 3.05) is 33.2 Å². The fourth-order valence-electron chi connectivity index (χ4n) is 3.29. The molecule has 7 nitrogen and oxygen atoms in total. The molecule has 0 spiro atoms. The van der Waals surface area contributed by atoms with E-state index >= 15 is 0 Å². The van der Waals surface area contributed by atoms with Gasteiger partial charge in [-0.3, -0.25) is 9.69 Å². The Hall–Kier alpha value is -2.34. The Bertz CT molecular complexity index is 1070. The fourth-order valence-corrected chi connectivity index (χ4v) is 4.24. The maximum atomic E-state index is 12.9. The van der Waals surface area contributed by atoms with Gasteiger partial charge in [0.05, 0.1) is 15.5 Å². The van der Waals surface area contributed by atoms with Gasteiger partial charge in [0, 0.05) is 32.7 Å². The molecule has 1 amide bonds. The molecule has 0 radical (unpaired) electrons. The molecule has 0 atom stereocenters. The van der Waals surface area contributed by atoms with Crippen molar-refractivity contribution in [1.29, 1.82) is 0 Å². The van der Waals surface area contributed by atoms with Crippen molar-refractivity contribution in [2.24, 2.45) is 0 Å². The van der Waals surface area contributed by atoms with Crippen molar-refractivity contribution in [2.45, 2.75) is 17.8 Å². The summed E-state index contributed by atoms with van der Waals surface area (Å²) >= 11 is 6.14. The SMILES string of the molecule is CNS(=O)(=O)c1ccc(Cl)c(C(=O)N2CCN(Cc3ccc(OC(F)(F)F)cc3)CC2)c1. The molecule has 32 heavy (non-hydrogen) atoms. The molecule has 2 aromatic rings. The average molecular weight is 492 g/mol. The number of sulfonamides is 1. The van der Waals surface area contributed by atoms with E-state index in [9.17, 15) is 26.4 Å². The van der Waals surface area contributed by atoms with Crippen molar-refractivity contribution in [3.63, 3.8) is 0 Å². The van der Waals surface area contributed by atoms with Crippen LogP contribution in [0.5, 0.6) is 5.75 Å². The number of rotatable bonds is 6. The van der Waals surface area contributed by atoms with Gasteiger partial charge in [0.25, 0.3) is 5.91 Å². The number of hydrogen-bond acceptors (Lipinski definition) is 5.